The fraction of sp³-hybridized carbons (Fsp3) is 0.833. The fourth-order valence-electron chi connectivity index (χ4n) is 1.52. The van der Waals surface area contributed by atoms with Crippen molar-refractivity contribution in [3.8, 4) is 0 Å². The molecule has 13 heavy (non-hydrogen) atoms. The van der Waals surface area contributed by atoms with Gasteiger partial charge < -0.3 is 5.32 Å². The summed E-state index contributed by atoms with van der Waals surface area (Å²) in [5, 5.41) is 3.50. The van der Waals surface area contributed by atoms with E-state index in [2.05, 4.69) is 39.6 Å². The Morgan fingerprint density at radius 1 is 1.23 bits per heavy atom. The third-order valence-corrected chi connectivity index (χ3v) is 2.22. The molecule has 0 aromatic heterocycles. The first-order chi connectivity index (χ1) is 6.02. The molecular formula is C12H25N. The predicted molar refractivity (Wildman–Crippen MR) is 60.8 cm³/mol. The molecule has 0 unspecified atom stereocenters. The second-order valence-electron chi connectivity index (χ2n) is 4.47. The molecule has 0 amide bonds. The molecule has 0 spiro atoms. The van der Waals surface area contributed by atoms with Crippen molar-refractivity contribution < 1.29 is 0 Å². The molecule has 0 radical (unpaired) electrons. The molecule has 0 fully saturated rings. The van der Waals surface area contributed by atoms with Crippen LogP contribution in [-0.4, -0.2) is 5.54 Å². The number of hydrogen-bond donors (Lipinski definition) is 1. The molecule has 0 aliphatic rings. The topological polar surface area (TPSA) is 12.0 Å². The summed E-state index contributed by atoms with van der Waals surface area (Å²) in [4.78, 5) is 0. The molecule has 0 atom stereocenters. The first kappa shape index (κ1) is 12.5. The zero-order chi connectivity index (χ0) is 10.3. The van der Waals surface area contributed by atoms with Gasteiger partial charge in [0, 0.05) is 11.2 Å². The van der Waals surface area contributed by atoms with Crippen LogP contribution in [0.4, 0.5) is 0 Å². The third kappa shape index (κ3) is 6.68. The molecule has 1 heteroatoms. The SMILES string of the molecule is C=C(CCC)NC(C)(C)CCCC. The minimum absolute atomic E-state index is 0.224. The molecule has 0 rings (SSSR count). The van der Waals surface area contributed by atoms with Gasteiger partial charge in [-0.1, -0.05) is 39.7 Å². The molecule has 0 aromatic carbocycles. The van der Waals surface area contributed by atoms with Crippen molar-refractivity contribution in [3.63, 3.8) is 0 Å². The van der Waals surface area contributed by atoms with Crippen LogP contribution in [0.1, 0.15) is 59.8 Å². The maximum atomic E-state index is 4.03. The van der Waals surface area contributed by atoms with Crippen molar-refractivity contribution >= 4 is 0 Å². The minimum Gasteiger partial charge on any atom is -0.384 e. The van der Waals surface area contributed by atoms with Gasteiger partial charge >= 0.3 is 0 Å². The molecule has 0 aliphatic carbocycles. The van der Waals surface area contributed by atoms with E-state index < -0.39 is 0 Å². The molecular weight excluding hydrogens is 158 g/mol. The van der Waals surface area contributed by atoms with Crippen LogP contribution in [0.3, 0.4) is 0 Å². The predicted octanol–water partition coefficient (Wildman–Crippen LogP) is 3.86. The first-order valence-electron chi connectivity index (χ1n) is 5.47. The Labute approximate surface area is 83.6 Å². The van der Waals surface area contributed by atoms with Gasteiger partial charge in [-0.05, 0) is 26.7 Å². The standard InChI is InChI=1S/C12H25N/c1-6-8-10-12(4,5)13-11(3)9-7-2/h13H,3,6-10H2,1-2,4-5H3. The summed E-state index contributed by atoms with van der Waals surface area (Å²) in [5.41, 5.74) is 1.41. The lowest BCUT2D eigenvalue weighted by Crippen LogP contribution is -2.38. The van der Waals surface area contributed by atoms with Crippen molar-refractivity contribution in [1.29, 1.82) is 0 Å². The van der Waals surface area contributed by atoms with Crippen molar-refractivity contribution in [2.24, 2.45) is 0 Å². The average molecular weight is 183 g/mol. The maximum absolute atomic E-state index is 4.03. The Morgan fingerprint density at radius 3 is 2.31 bits per heavy atom. The van der Waals surface area contributed by atoms with E-state index in [1.165, 1.54) is 31.4 Å². The van der Waals surface area contributed by atoms with E-state index in [0.29, 0.717) is 0 Å². The maximum Gasteiger partial charge on any atom is 0.0314 e. The van der Waals surface area contributed by atoms with Crippen LogP contribution < -0.4 is 5.32 Å². The highest BCUT2D eigenvalue weighted by Crippen LogP contribution is 2.15. The van der Waals surface area contributed by atoms with Gasteiger partial charge in [-0.2, -0.15) is 0 Å². The Bertz CT molecular complexity index is 147. The summed E-state index contributed by atoms with van der Waals surface area (Å²) in [5.74, 6) is 0. The molecule has 0 saturated carbocycles. The average Bonchev–Trinajstić information content (AvgIpc) is 2.00. The number of hydrogen-bond acceptors (Lipinski definition) is 1. The lowest BCUT2D eigenvalue weighted by Gasteiger charge is -2.28. The highest BCUT2D eigenvalue weighted by Gasteiger charge is 2.16. The molecule has 1 nitrogen and oxygen atoms in total. The highest BCUT2D eigenvalue weighted by molar-refractivity contribution is 4.97. The Hall–Kier alpha value is -0.460. The van der Waals surface area contributed by atoms with Crippen molar-refractivity contribution in [1.82, 2.24) is 5.32 Å². The molecule has 0 aromatic rings. The van der Waals surface area contributed by atoms with E-state index in [4.69, 9.17) is 0 Å². The van der Waals surface area contributed by atoms with Crippen LogP contribution in [0.5, 0.6) is 0 Å². The van der Waals surface area contributed by atoms with Gasteiger partial charge in [-0.3, -0.25) is 0 Å². The van der Waals surface area contributed by atoms with Gasteiger partial charge in [0.2, 0.25) is 0 Å². The molecule has 0 bridgehead atoms. The zero-order valence-electron chi connectivity index (χ0n) is 9.74. The summed E-state index contributed by atoms with van der Waals surface area (Å²) in [6.45, 7) is 13.0. The Morgan fingerprint density at radius 2 is 1.85 bits per heavy atom. The quantitative estimate of drug-likeness (QED) is 0.632. The van der Waals surface area contributed by atoms with Crippen LogP contribution >= 0.6 is 0 Å². The normalized spacial score (nSPS) is 11.4. The smallest absolute Gasteiger partial charge is 0.0314 e. The Balaban J connectivity index is 3.79. The van der Waals surface area contributed by atoms with Gasteiger partial charge in [0.25, 0.3) is 0 Å². The highest BCUT2D eigenvalue weighted by atomic mass is 15.0. The van der Waals surface area contributed by atoms with E-state index in [1.807, 2.05) is 0 Å². The van der Waals surface area contributed by atoms with Crippen molar-refractivity contribution in [2.45, 2.75) is 65.3 Å². The summed E-state index contributed by atoms with van der Waals surface area (Å²) in [6.07, 6.45) is 6.06. The van der Waals surface area contributed by atoms with E-state index >= 15 is 0 Å². The van der Waals surface area contributed by atoms with E-state index in [-0.39, 0.29) is 5.54 Å². The van der Waals surface area contributed by atoms with Crippen LogP contribution in [0, 0.1) is 0 Å². The first-order valence-corrected chi connectivity index (χ1v) is 5.47. The molecule has 78 valence electrons. The number of rotatable bonds is 7. The van der Waals surface area contributed by atoms with Crippen LogP contribution in [0.2, 0.25) is 0 Å². The monoisotopic (exact) mass is 183 g/mol. The second-order valence-corrected chi connectivity index (χ2v) is 4.47. The van der Waals surface area contributed by atoms with Crippen LogP contribution in [0.15, 0.2) is 12.3 Å². The van der Waals surface area contributed by atoms with Crippen molar-refractivity contribution in [3.05, 3.63) is 12.3 Å². The van der Waals surface area contributed by atoms with Gasteiger partial charge in [0.05, 0.1) is 0 Å². The van der Waals surface area contributed by atoms with Crippen LogP contribution in [-0.2, 0) is 0 Å². The molecule has 1 N–H and O–H groups in total. The van der Waals surface area contributed by atoms with Gasteiger partial charge in [-0.15, -0.1) is 0 Å². The van der Waals surface area contributed by atoms with Gasteiger partial charge in [0.1, 0.15) is 0 Å². The number of allylic oxidation sites excluding steroid dienone is 1. The van der Waals surface area contributed by atoms with E-state index in [9.17, 15) is 0 Å². The lowest BCUT2D eigenvalue weighted by molar-refractivity contribution is 0.378. The molecule has 0 saturated heterocycles. The fourth-order valence-corrected chi connectivity index (χ4v) is 1.52. The van der Waals surface area contributed by atoms with Crippen molar-refractivity contribution in [2.75, 3.05) is 0 Å². The molecule has 0 aliphatic heterocycles. The number of unbranched alkanes of at least 4 members (excludes halogenated alkanes) is 1. The lowest BCUT2D eigenvalue weighted by atomic mass is 9.97. The van der Waals surface area contributed by atoms with Gasteiger partial charge in [0.15, 0.2) is 0 Å². The largest absolute Gasteiger partial charge is 0.384 e. The van der Waals surface area contributed by atoms with E-state index in [0.717, 1.165) is 6.42 Å². The summed E-state index contributed by atoms with van der Waals surface area (Å²) >= 11 is 0. The summed E-state index contributed by atoms with van der Waals surface area (Å²) in [7, 11) is 0. The summed E-state index contributed by atoms with van der Waals surface area (Å²) in [6, 6.07) is 0. The Kier molecular flexibility index (Phi) is 5.85. The third-order valence-electron chi connectivity index (χ3n) is 2.22. The summed E-state index contributed by atoms with van der Waals surface area (Å²) < 4.78 is 0. The minimum atomic E-state index is 0.224. The number of nitrogens with one attached hydrogen (secondary N) is 1. The van der Waals surface area contributed by atoms with Crippen LogP contribution in [0.25, 0.3) is 0 Å². The zero-order valence-corrected chi connectivity index (χ0v) is 9.74. The second kappa shape index (κ2) is 6.06. The van der Waals surface area contributed by atoms with Gasteiger partial charge in [-0.25, -0.2) is 0 Å². The molecule has 0 heterocycles. The van der Waals surface area contributed by atoms with E-state index in [1.54, 1.807) is 0 Å².